The Hall–Kier alpha value is -3.41. The van der Waals surface area contributed by atoms with E-state index in [1.807, 2.05) is 36.4 Å². The predicted molar refractivity (Wildman–Crippen MR) is 139 cm³/mol. The number of aryl methyl sites for hydroxylation is 1. The first kappa shape index (κ1) is 26.2. The van der Waals surface area contributed by atoms with Crippen LogP contribution in [0.3, 0.4) is 0 Å². The number of alkyl halides is 3. The Morgan fingerprint density at radius 2 is 1.61 bits per heavy atom. The fourth-order valence-electron chi connectivity index (χ4n) is 5.84. The van der Waals surface area contributed by atoms with Crippen LogP contribution in [0.25, 0.3) is 11.1 Å². The molecule has 3 aromatic rings. The van der Waals surface area contributed by atoms with E-state index in [1.165, 1.54) is 0 Å². The molecule has 0 radical (unpaired) electrons. The van der Waals surface area contributed by atoms with Gasteiger partial charge in [0.2, 0.25) is 0 Å². The van der Waals surface area contributed by atoms with Crippen LogP contribution in [0.1, 0.15) is 70.6 Å². The van der Waals surface area contributed by atoms with Gasteiger partial charge in [0.15, 0.2) is 0 Å². The second kappa shape index (κ2) is 10.8. The van der Waals surface area contributed by atoms with E-state index in [0.717, 1.165) is 61.8 Å². The second-order valence-corrected chi connectivity index (χ2v) is 10.4. The van der Waals surface area contributed by atoms with Gasteiger partial charge in [-0.05, 0) is 84.7 Å². The van der Waals surface area contributed by atoms with Crippen molar-refractivity contribution in [3.8, 4) is 11.1 Å². The third kappa shape index (κ3) is 5.40. The van der Waals surface area contributed by atoms with E-state index in [2.05, 4.69) is 6.58 Å². The number of esters is 1. The second-order valence-electron chi connectivity index (χ2n) is 10.4. The van der Waals surface area contributed by atoms with Crippen molar-refractivity contribution < 1.29 is 27.1 Å². The van der Waals surface area contributed by atoms with Gasteiger partial charge in [0.25, 0.3) is 0 Å². The van der Waals surface area contributed by atoms with Crippen molar-refractivity contribution in [2.45, 2.75) is 63.1 Å². The average molecular weight is 523 g/mol. The molecule has 38 heavy (non-hydrogen) atoms. The minimum Gasteiger partial charge on any atom is -0.458 e. The van der Waals surface area contributed by atoms with Crippen LogP contribution in [-0.2, 0) is 23.8 Å². The number of hydrogen-bond donors (Lipinski definition) is 0. The highest BCUT2D eigenvalue weighted by Crippen LogP contribution is 2.41. The maximum Gasteiger partial charge on any atom is 0.416 e. The molecule has 0 bridgehead atoms. The molecule has 6 heteroatoms. The molecule has 0 spiro atoms. The van der Waals surface area contributed by atoms with E-state index < -0.39 is 23.5 Å². The Labute approximate surface area is 220 Å². The summed E-state index contributed by atoms with van der Waals surface area (Å²) in [4.78, 5) is 13.0. The molecular formula is C32H30F4O2. The molecule has 1 atom stereocenters. The van der Waals surface area contributed by atoms with Crippen LogP contribution in [0.15, 0.2) is 73.3 Å². The van der Waals surface area contributed by atoms with Gasteiger partial charge >= 0.3 is 12.1 Å². The van der Waals surface area contributed by atoms with E-state index in [9.17, 15) is 18.0 Å². The van der Waals surface area contributed by atoms with Gasteiger partial charge in [0, 0.05) is 12.0 Å². The Balaban J connectivity index is 1.25. The van der Waals surface area contributed by atoms with Crippen molar-refractivity contribution in [1.29, 1.82) is 0 Å². The molecule has 198 valence electrons. The van der Waals surface area contributed by atoms with Gasteiger partial charge in [-0.25, -0.2) is 9.18 Å². The van der Waals surface area contributed by atoms with Crippen LogP contribution < -0.4 is 0 Å². The molecule has 1 heterocycles. The molecule has 1 fully saturated rings. The average Bonchev–Trinajstić information content (AvgIpc) is 2.92. The fraction of sp³-hybridized carbons (Fsp3) is 0.344. The molecule has 2 aliphatic rings. The number of fused-ring (bicyclic) bond motifs is 1. The molecular weight excluding hydrogens is 492 g/mol. The third-order valence-corrected chi connectivity index (χ3v) is 8.02. The Bertz CT molecular complexity index is 1300. The molecule has 0 amide bonds. The van der Waals surface area contributed by atoms with Gasteiger partial charge in [-0.1, -0.05) is 54.6 Å². The van der Waals surface area contributed by atoms with Gasteiger partial charge < -0.3 is 4.74 Å². The number of allylic oxidation sites excluding steroid dienone is 1. The monoisotopic (exact) mass is 522 g/mol. The summed E-state index contributed by atoms with van der Waals surface area (Å²) in [5.41, 5.74) is 3.19. The first-order valence-electron chi connectivity index (χ1n) is 13.1. The van der Waals surface area contributed by atoms with E-state index in [1.54, 1.807) is 18.2 Å². The van der Waals surface area contributed by atoms with E-state index in [4.69, 9.17) is 4.74 Å². The molecule has 0 aromatic heterocycles. The van der Waals surface area contributed by atoms with Gasteiger partial charge in [-0.15, -0.1) is 6.58 Å². The largest absolute Gasteiger partial charge is 0.458 e. The number of carbonyl (C=O) groups excluding carboxylic acids is 1. The maximum atomic E-state index is 15.5. The zero-order chi connectivity index (χ0) is 26.9. The van der Waals surface area contributed by atoms with E-state index in [-0.39, 0.29) is 23.5 Å². The number of hydrogen-bond acceptors (Lipinski definition) is 2. The molecule has 1 unspecified atom stereocenters. The number of carbonyl (C=O) groups is 1. The highest BCUT2D eigenvalue weighted by atomic mass is 19.4. The number of ether oxygens (including phenoxy) is 1. The summed E-state index contributed by atoms with van der Waals surface area (Å²) in [6.07, 6.45) is 2.64. The number of halogens is 4. The van der Waals surface area contributed by atoms with Gasteiger partial charge in [-0.3, -0.25) is 0 Å². The van der Waals surface area contributed by atoms with Crippen molar-refractivity contribution in [2.24, 2.45) is 5.92 Å². The van der Waals surface area contributed by atoms with Crippen LogP contribution in [0.4, 0.5) is 17.6 Å². The number of benzene rings is 3. The van der Waals surface area contributed by atoms with Crippen molar-refractivity contribution in [1.82, 2.24) is 0 Å². The van der Waals surface area contributed by atoms with Crippen LogP contribution in [0.5, 0.6) is 0 Å². The SMILES string of the molecule is C=CCCc1ccc(-c2ccc3c(c2F)C(=O)OC(C2CCC(c4ccc(C(F)(F)F)cc4)CC2)C3)cc1. The Morgan fingerprint density at radius 3 is 2.24 bits per heavy atom. The maximum absolute atomic E-state index is 15.5. The number of rotatable bonds is 6. The van der Waals surface area contributed by atoms with Gasteiger partial charge in [0.05, 0.1) is 11.1 Å². The summed E-state index contributed by atoms with van der Waals surface area (Å²) in [6.45, 7) is 3.74. The zero-order valence-electron chi connectivity index (χ0n) is 21.1. The lowest BCUT2D eigenvalue weighted by Gasteiger charge is -2.36. The van der Waals surface area contributed by atoms with Crippen LogP contribution >= 0.6 is 0 Å². The predicted octanol–water partition coefficient (Wildman–Crippen LogP) is 8.69. The summed E-state index contributed by atoms with van der Waals surface area (Å²) in [6, 6.07) is 16.7. The van der Waals surface area contributed by atoms with Gasteiger partial charge in [-0.2, -0.15) is 13.2 Å². The van der Waals surface area contributed by atoms with Crippen LogP contribution in [-0.4, -0.2) is 12.1 Å². The van der Waals surface area contributed by atoms with Crippen molar-refractivity contribution in [3.63, 3.8) is 0 Å². The van der Waals surface area contributed by atoms with Crippen LogP contribution in [0, 0.1) is 11.7 Å². The minimum atomic E-state index is -4.34. The zero-order valence-corrected chi connectivity index (χ0v) is 21.1. The Kier molecular flexibility index (Phi) is 7.42. The molecule has 3 aromatic carbocycles. The third-order valence-electron chi connectivity index (χ3n) is 8.02. The summed E-state index contributed by atoms with van der Waals surface area (Å²) >= 11 is 0. The minimum absolute atomic E-state index is 0.0212. The molecule has 0 saturated heterocycles. The highest BCUT2D eigenvalue weighted by Gasteiger charge is 2.37. The quantitative estimate of drug-likeness (QED) is 0.184. The smallest absolute Gasteiger partial charge is 0.416 e. The Morgan fingerprint density at radius 1 is 0.921 bits per heavy atom. The molecule has 5 rings (SSSR count). The lowest BCUT2D eigenvalue weighted by molar-refractivity contribution is -0.137. The highest BCUT2D eigenvalue weighted by molar-refractivity contribution is 5.94. The lowest BCUT2D eigenvalue weighted by atomic mass is 9.75. The molecule has 0 N–H and O–H groups in total. The molecule has 1 aliphatic heterocycles. The molecule has 1 saturated carbocycles. The summed E-state index contributed by atoms with van der Waals surface area (Å²) < 4.78 is 59.9. The fourth-order valence-corrected chi connectivity index (χ4v) is 5.84. The lowest BCUT2D eigenvalue weighted by Crippen LogP contribution is -2.36. The summed E-state index contributed by atoms with van der Waals surface area (Å²) in [5.74, 6) is -0.842. The number of cyclic esters (lactones) is 1. The first-order valence-corrected chi connectivity index (χ1v) is 13.1. The van der Waals surface area contributed by atoms with E-state index in [0.29, 0.717) is 23.1 Å². The molecule has 2 nitrogen and oxygen atoms in total. The normalized spacial score (nSPS) is 21.5. The topological polar surface area (TPSA) is 26.3 Å². The van der Waals surface area contributed by atoms with E-state index >= 15 is 4.39 Å². The summed E-state index contributed by atoms with van der Waals surface area (Å²) in [5, 5.41) is 0. The summed E-state index contributed by atoms with van der Waals surface area (Å²) in [7, 11) is 0. The van der Waals surface area contributed by atoms with Gasteiger partial charge in [0.1, 0.15) is 11.9 Å². The van der Waals surface area contributed by atoms with Crippen LogP contribution in [0.2, 0.25) is 0 Å². The van der Waals surface area contributed by atoms with Crippen molar-refractivity contribution in [2.75, 3.05) is 0 Å². The van der Waals surface area contributed by atoms with Crippen molar-refractivity contribution >= 4 is 5.97 Å². The van der Waals surface area contributed by atoms with Crippen molar-refractivity contribution in [3.05, 3.63) is 107 Å². The molecule has 1 aliphatic carbocycles. The standard InChI is InChI=1S/C32H30F4O2/c1-2-3-4-20-5-7-23(8-6-20)27-18-15-25-19-28(38-31(37)29(25)30(27)33)24-11-9-21(10-12-24)22-13-16-26(17-14-22)32(34,35)36/h2,5-8,13-18,21,24,28H,1,3-4,9-12,19H2. The first-order chi connectivity index (χ1) is 18.2.